The molecule has 1 amide bonds. The summed E-state index contributed by atoms with van der Waals surface area (Å²) in [5.41, 5.74) is 0.475. The monoisotopic (exact) mass is 359 g/mol. The summed E-state index contributed by atoms with van der Waals surface area (Å²) in [6.07, 6.45) is 4.51. The number of nitrogens with zero attached hydrogens (tertiary/aromatic N) is 3. The van der Waals surface area contributed by atoms with Gasteiger partial charge in [0.05, 0.1) is 5.69 Å². The molecule has 2 aromatic heterocycles. The molecule has 26 heavy (non-hydrogen) atoms. The molecule has 0 saturated heterocycles. The smallest absolute Gasteiger partial charge is 0.270 e. The summed E-state index contributed by atoms with van der Waals surface area (Å²) >= 11 is 0. The first-order valence-electron chi connectivity index (χ1n) is 7.45. The third-order valence-electron chi connectivity index (χ3n) is 3.35. The number of nitrogens with one attached hydrogen (secondary N) is 2. The highest BCUT2D eigenvalue weighted by molar-refractivity contribution is 5.92. The van der Waals surface area contributed by atoms with Gasteiger partial charge in [0.25, 0.3) is 5.91 Å². The first kappa shape index (κ1) is 17.3. The van der Waals surface area contributed by atoms with Gasteiger partial charge in [0.15, 0.2) is 17.5 Å². The van der Waals surface area contributed by atoms with E-state index in [0.717, 1.165) is 17.7 Å². The number of hydrogen-bond acceptors (Lipinski definition) is 5. The SMILES string of the molecule is O=C(NCc1cccnc1)c1ccnc(Nc2ccc(F)c(F)c2F)n1. The van der Waals surface area contributed by atoms with Crippen LogP contribution in [0.3, 0.4) is 0 Å². The largest absolute Gasteiger partial charge is 0.347 e. The lowest BCUT2D eigenvalue weighted by Gasteiger charge is -2.08. The Morgan fingerprint density at radius 2 is 1.88 bits per heavy atom. The van der Waals surface area contributed by atoms with Crippen molar-refractivity contribution >= 4 is 17.5 Å². The lowest BCUT2D eigenvalue weighted by molar-refractivity contribution is 0.0946. The van der Waals surface area contributed by atoms with Crippen LogP contribution in [-0.4, -0.2) is 20.9 Å². The summed E-state index contributed by atoms with van der Waals surface area (Å²) in [4.78, 5) is 23.9. The number of carbonyl (C=O) groups excluding carboxylic acids is 1. The van der Waals surface area contributed by atoms with Gasteiger partial charge in [-0.15, -0.1) is 0 Å². The Hall–Kier alpha value is -3.49. The van der Waals surface area contributed by atoms with Crippen LogP contribution in [0, 0.1) is 17.5 Å². The van der Waals surface area contributed by atoms with Gasteiger partial charge < -0.3 is 10.6 Å². The Balaban J connectivity index is 1.72. The first-order chi connectivity index (χ1) is 12.5. The molecule has 3 rings (SSSR count). The quantitative estimate of drug-likeness (QED) is 0.685. The standard InChI is InChI=1S/C17H12F3N5O/c18-11-3-4-12(15(20)14(11)19)24-17-22-7-5-13(25-17)16(26)23-9-10-2-1-6-21-8-10/h1-8H,9H2,(H,23,26)(H,22,24,25). The average Bonchev–Trinajstić information content (AvgIpc) is 2.67. The Bertz CT molecular complexity index is 937. The molecule has 1 aromatic carbocycles. The van der Waals surface area contributed by atoms with E-state index in [1.54, 1.807) is 24.5 Å². The minimum Gasteiger partial charge on any atom is -0.347 e. The van der Waals surface area contributed by atoms with Gasteiger partial charge in [-0.25, -0.2) is 23.1 Å². The molecular formula is C17H12F3N5O. The molecule has 0 radical (unpaired) electrons. The molecule has 0 fully saturated rings. The molecule has 0 bridgehead atoms. The van der Waals surface area contributed by atoms with Crippen LogP contribution < -0.4 is 10.6 Å². The first-order valence-corrected chi connectivity index (χ1v) is 7.45. The third kappa shape index (κ3) is 3.94. The summed E-state index contributed by atoms with van der Waals surface area (Å²) in [5, 5.41) is 5.07. The summed E-state index contributed by atoms with van der Waals surface area (Å²) in [6.45, 7) is 0.247. The highest BCUT2D eigenvalue weighted by Crippen LogP contribution is 2.21. The van der Waals surface area contributed by atoms with E-state index >= 15 is 0 Å². The molecule has 3 aromatic rings. The Kier molecular flexibility index (Phi) is 5.07. The number of aromatic nitrogens is 3. The fourth-order valence-corrected chi connectivity index (χ4v) is 2.06. The van der Waals surface area contributed by atoms with Gasteiger partial charge in [-0.2, -0.15) is 0 Å². The molecule has 132 valence electrons. The van der Waals surface area contributed by atoms with Crippen molar-refractivity contribution < 1.29 is 18.0 Å². The van der Waals surface area contributed by atoms with E-state index in [4.69, 9.17) is 0 Å². The molecule has 0 aliphatic heterocycles. The van der Waals surface area contributed by atoms with Crippen molar-refractivity contribution in [1.29, 1.82) is 0 Å². The highest BCUT2D eigenvalue weighted by Gasteiger charge is 2.15. The van der Waals surface area contributed by atoms with Crippen LogP contribution in [-0.2, 0) is 6.54 Å². The number of halogens is 3. The van der Waals surface area contributed by atoms with E-state index in [-0.39, 0.29) is 23.9 Å². The number of pyridine rings is 1. The van der Waals surface area contributed by atoms with Gasteiger partial charge in [-0.1, -0.05) is 6.07 Å². The average molecular weight is 359 g/mol. The van der Waals surface area contributed by atoms with Crippen LogP contribution >= 0.6 is 0 Å². The highest BCUT2D eigenvalue weighted by atomic mass is 19.2. The van der Waals surface area contributed by atoms with Crippen molar-refractivity contribution in [3.8, 4) is 0 Å². The van der Waals surface area contributed by atoms with E-state index in [9.17, 15) is 18.0 Å². The second kappa shape index (κ2) is 7.60. The second-order valence-electron chi connectivity index (χ2n) is 5.16. The predicted molar refractivity (Wildman–Crippen MR) is 87.0 cm³/mol. The van der Waals surface area contributed by atoms with Crippen molar-refractivity contribution in [2.24, 2.45) is 0 Å². The molecule has 0 unspecified atom stereocenters. The maximum Gasteiger partial charge on any atom is 0.270 e. The summed E-state index contributed by atoms with van der Waals surface area (Å²) in [7, 11) is 0. The van der Waals surface area contributed by atoms with Crippen LogP contribution in [0.5, 0.6) is 0 Å². The molecule has 0 saturated carbocycles. The maximum atomic E-state index is 13.7. The summed E-state index contributed by atoms with van der Waals surface area (Å²) < 4.78 is 39.9. The predicted octanol–water partition coefficient (Wildman–Crippen LogP) is 2.96. The minimum atomic E-state index is -1.61. The molecule has 0 aliphatic carbocycles. The number of benzene rings is 1. The van der Waals surface area contributed by atoms with E-state index in [2.05, 4.69) is 25.6 Å². The van der Waals surface area contributed by atoms with E-state index in [1.807, 2.05) is 0 Å². The van der Waals surface area contributed by atoms with E-state index in [0.29, 0.717) is 0 Å². The minimum absolute atomic E-state index is 0.0226. The van der Waals surface area contributed by atoms with Gasteiger partial charge in [-0.3, -0.25) is 9.78 Å². The Morgan fingerprint density at radius 3 is 2.65 bits per heavy atom. The van der Waals surface area contributed by atoms with Gasteiger partial charge >= 0.3 is 0 Å². The molecule has 0 aliphatic rings. The number of amides is 1. The zero-order valence-corrected chi connectivity index (χ0v) is 13.2. The molecular weight excluding hydrogens is 347 g/mol. The van der Waals surface area contributed by atoms with Gasteiger partial charge in [0.2, 0.25) is 5.95 Å². The normalized spacial score (nSPS) is 10.4. The van der Waals surface area contributed by atoms with E-state index < -0.39 is 23.4 Å². The van der Waals surface area contributed by atoms with Crippen molar-refractivity contribution in [3.05, 3.63) is 77.6 Å². The van der Waals surface area contributed by atoms with Crippen LogP contribution in [0.1, 0.15) is 16.1 Å². The van der Waals surface area contributed by atoms with E-state index in [1.165, 1.54) is 12.3 Å². The fraction of sp³-hybridized carbons (Fsp3) is 0.0588. The van der Waals surface area contributed by atoms with Crippen LogP contribution in [0.4, 0.5) is 24.8 Å². The van der Waals surface area contributed by atoms with Crippen molar-refractivity contribution in [2.45, 2.75) is 6.54 Å². The molecule has 9 heteroatoms. The maximum absolute atomic E-state index is 13.7. The topological polar surface area (TPSA) is 79.8 Å². The van der Waals surface area contributed by atoms with Crippen molar-refractivity contribution in [2.75, 3.05) is 5.32 Å². The van der Waals surface area contributed by atoms with Crippen LogP contribution in [0.25, 0.3) is 0 Å². The second-order valence-corrected chi connectivity index (χ2v) is 5.16. The third-order valence-corrected chi connectivity index (χ3v) is 3.35. The molecule has 2 N–H and O–H groups in total. The van der Waals surface area contributed by atoms with Gasteiger partial charge in [0.1, 0.15) is 5.69 Å². The zero-order chi connectivity index (χ0) is 18.5. The van der Waals surface area contributed by atoms with Gasteiger partial charge in [-0.05, 0) is 29.8 Å². The van der Waals surface area contributed by atoms with Crippen molar-refractivity contribution in [1.82, 2.24) is 20.3 Å². The lowest BCUT2D eigenvalue weighted by Crippen LogP contribution is -2.24. The Labute approximate surface area is 146 Å². The number of carbonyl (C=O) groups is 1. The summed E-state index contributed by atoms with van der Waals surface area (Å²) in [6, 6.07) is 6.68. The fourth-order valence-electron chi connectivity index (χ4n) is 2.06. The Morgan fingerprint density at radius 1 is 1.04 bits per heavy atom. The molecule has 0 spiro atoms. The molecule has 0 atom stereocenters. The number of anilines is 2. The van der Waals surface area contributed by atoms with Crippen LogP contribution in [0.15, 0.2) is 48.9 Å². The lowest BCUT2D eigenvalue weighted by atomic mass is 10.2. The molecule has 6 nitrogen and oxygen atoms in total. The summed E-state index contributed by atoms with van der Waals surface area (Å²) in [5.74, 6) is -4.94. The van der Waals surface area contributed by atoms with Crippen molar-refractivity contribution in [3.63, 3.8) is 0 Å². The van der Waals surface area contributed by atoms with Gasteiger partial charge in [0, 0.05) is 25.1 Å². The zero-order valence-electron chi connectivity index (χ0n) is 13.2. The molecule has 2 heterocycles. The number of hydrogen-bond donors (Lipinski definition) is 2. The van der Waals surface area contributed by atoms with Crippen LogP contribution in [0.2, 0.25) is 0 Å². The number of rotatable bonds is 5.